The highest BCUT2D eigenvalue weighted by molar-refractivity contribution is 5.66. The first-order valence-electron chi connectivity index (χ1n) is 11.1. The second kappa shape index (κ2) is 5.08. The lowest BCUT2D eigenvalue weighted by molar-refractivity contribution is -1.04. The molecule has 4 nitrogen and oxygen atoms in total. The second-order valence-corrected chi connectivity index (χ2v) is 10.1. The van der Waals surface area contributed by atoms with Crippen LogP contribution in [-0.4, -0.2) is 58.7 Å². The molecule has 1 spiro atoms. The molecule has 1 saturated carbocycles. The monoisotopic (exact) mass is 369 g/mol. The SMILES string of the molecule is CCC[N@+]12[C@H](O)[C@H](CC)[C@H]3C[C@H]1[C@@H]1N(C)c4ccccc4[C@@]14C[C@H]2[C@@H]3[C@H]4O. The van der Waals surface area contributed by atoms with Gasteiger partial charge in [-0.1, -0.05) is 32.0 Å². The molecule has 0 amide bonds. The van der Waals surface area contributed by atoms with Gasteiger partial charge in [0.1, 0.15) is 6.04 Å². The summed E-state index contributed by atoms with van der Waals surface area (Å²) in [4.78, 5) is 2.48. The van der Waals surface area contributed by atoms with Crippen LogP contribution in [0.1, 0.15) is 45.1 Å². The van der Waals surface area contributed by atoms with E-state index in [1.165, 1.54) is 17.7 Å². The van der Waals surface area contributed by atoms with Gasteiger partial charge >= 0.3 is 0 Å². The average molecular weight is 370 g/mol. The molecular formula is C23H33N2O2+. The van der Waals surface area contributed by atoms with Crippen LogP contribution >= 0.6 is 0 Å². The molecule has 7 rings (SSSR count). The van der Waals surface area contributed by atoms with Crippen molar-refractivity contribution in [2.24, 2.45) is 17.8 Å². The molecule has 0 radical (unpaired) electrons. The van der Waals surface area contributed by atoms with Crippen molar-refractivity contribution in [1.82, 2.24) is 0 Å². The molecular weight excluding hydrogens is 336 g/mol. The highest BCUT2D eigenvalue weighted by Crippen LogP contribution is 2.71. The summed E-state index contributed by atoms with van der Waals surface area (Å²) >= 11 is 0. The number of quaternary nitrogens is 1. The van der Waals surface area contributed by atoms with Gasteiger partial charge in [0.15, 0.2) is 6.23 Å². The van der Waals surface area contributed by atoms with Gasteiger partial charge in [-0.3, -0.25) is 4.48 Å². The van der Waals surface area contributed by atoms with Crippen LogP contribution in [0.15, 0.2) is 24.3 Å². The predicted molar refractivity (Wildman–Crippen MR) is 105 cm³/mol. The molecule has 5 aliphatic heterocycles. The van der Waals surface area contributed by atoms with Crippen LogP contribution in [-0.2, 0) is 5.41 Å². The highest BCUT2D eigenvalue weighted by Gasteiger charge is 2.82. The molecule has 6 aliphatic rings. The van der Waals surface area contributed by atoms with E-state index in [4.69, 9.17) is 0 Å². The smallest absolute Gasteiger partial charge is 0.194 e. The fourth-order valence-corrected chi connectivity index (χ4v) is 9.23. The number of hydrogen-bond acceptors (Lipinski definition) is 3. The van der Waals surface area contributed by atoms with E-state index in [0.29, 0.717) is 35.9 Å². The van der Waals surface area contributed by atoms with Crippen molar-refractivity contribution in [2.75, 3.05) is 18.5 Å². The maximum absolute atomic E-state index is 11.9. The van der Waals surface area contributed by atoms with Gasteiger partial charge in [0.25, 0.3) is 0 Å². The van der Waals surface area contributed by atoms with Gasteiger partial charge in [0.2, 0.25) is 0 Å². The maximum Gasteiger partial charge on any atom is 0.194 e. The van der Waals surface area contributed by atoms with Crippen molar-refractivity contribution in [3.05, 3.63) is 29.8 Å². The van der Waals surface area contributed by atoms with Crippen LogP contribution in [0.4, 0.5) is 5.69 Å². The number of aliphatic hydroxyl groups excluding tert-OH is 2. The molecule has 10 atom stereocenters. The van der Waals surface area contributed by atoms with E-state index >= 15 is 0 Å². The third-order valence-corrected chi connectivity index (χ3v) is 9.73. The van der Waals surface area contributed by atoms with E-state index in [1.54, 1.807) is 0 Å². The molecule has 5 heterocycles. The molecule has 1 aliphatic carbocycles. The standard InChI is InChI=1S/C23H33N2O2/c1-4-10-25-17-11-14(13(5-2)22(25)27)19-18(25)12-23(21(19)26)15-8-6-7-9-16(15)24(3)20(17)23/h6-9,13-14,17-22,26-27H,4-5,10-12H2,1-3H3/q+1/t13-,14-,17+,18+,19-,20+,21-,22-,23+,25+/m1/s1. The minimum absolute atomic E-state index is 0.127. The summed E-state index contributed by atoms with van der Waals surface area (Å²) in [7, 11) is 2.23. The van der Waals surface area contributed by atoms with Gasteiger partial charge in [0.05, 0.1) is 30.1 Å². The molecule has 0 aromatic heterocycles. The minimum Gasteiger partial charge on any atom is -0.392 e. The Morgan fingerprint density at radius 3 is 2.70 bits per heavy atom. The summed E-state index contributed by atoms with van der Waals surface area (Å²) in [6.45, 7) is 5.56. The summed E-state index contributed by atoms with van der Waals surface area (Å²) in [6.07, 6.45) is 3.84. The minimum atomic E-state index is -0.271. The molecule has 4 heteroatoms. The topological polar surface area (TPSA) is 43.7 Å². The van der Waals surface area contributed by atoms with Gasteiger partial charge in [-0.15, -0.1) is 0 Å². The number of hydrogen-bond donors (Lipinski definition) is 2. The molecule has 1 aromatic carbocycles. The van der Waals surface area contributed by atoms with Gasteiger partial charge in [-0.05, 0) is 30.4 Å². The Morgan fingerprint density at radius 2 is 1.96 bits per heavy atom. The molecule has 27 heavy (non-hydrogen) atoms. The van der Waals surface area contributed by atoms with Crippen molar-refractivity contribution in [3.8, 4) is 0 Å². The van der Waals surface area contributed by atoms with Crippen LogP contribution in [0, 0.1) is 17.8 Å². The lowest BCUT2D eigenvalue weighted by Crippen LogP contribution is -2.83. The van der Waals surface area contributed by atoms with Crippen LogP contribution < -0.4 is 4.90 Å². The summed E-state index contributed by atoms with van der Waals surface area (Å²) in [5.41, 5.74) is 2.56. The van der Waals surface area contributed by atoms with E-state index in [2.05, 4.69) is 50.1 Å². The third kappa shape index (κ3) is 1.51. The Morgan fingerprint density at radius 1 is 1.19 bits per heavy atom. The van der Waals surface area contributed by atoms with E-state index in [9.17, 15) is 10.2 Å². The van der Waals surface area contributed by atoms with Crippen LogP contribution in [0.2, 0.25) is 0 Å². The van der Waals surface area contributed by atoms with Gasteiger partial charge in [-0.2, -0.15) is 0 Å². The number of para-hydroxylation sites is 1. The fraction of sp³-hybridized carbons (Fsp3) is 0.739. The van der Waals surface area contributed by atoms with Crippen LogP contribution in [0.5, 0.6) is 0 Å². The van der Waals surface area contributed by atoms with Crippen molar-refractivity contribution < 1.29 is 14.7 Å². The Hall–Kier alpha value is -1.10. The number of fused-ring (bicyclic) bond motifs is 2. The van der Waals surface area contributed by atoms with E-state index in [-0.39, 0.29) is 17.7 Å². The number of likely N-dealkylation sites (N-methyl/N-ethyl adjacent to an activating group) is 1. The molecule has 0 unspecified atom stereocenters. The van der Waals surface area contributed by atoms with Gasteiger partial charge in [0, 0.05) is 37.4 Å². The van der Waals surface area contributed by atoms with E-state index in [0.717, 1.165) is 30.3 Å². The molecule has 2 N–H and O–H groups in total. The molecule has 4 saturated heterocycles. The number of benzene rings is 1. The second-order valence-electron chi connectivity index (χ2n) is 10.1. The summed E-state index contributed by atoms with van der Waals surface area (Å²) in [5, 5.41) is 23.6. The third-order valence-electron chi connectivity index (χ3n) is 9.73. The largest absolute Gasteiger partial charge is 0.392 e. The van der Waals surface area contributed by atoms with Gasteiger partial charge < -0.3 is 15.1 Å². The Bertz CT molecular complexity index is 798. The quantitative estimate of drug-likeness (QED) is 0.805. The maximum atomic E-state index is 11.9. The molecule has 1 aromatic rings. The van der Waals surface area contributed by atoms with Crippen LogP contribution in [0.25, 0.3) is 0 Å². The highest BCUT2D eigenvalue weighted by atomic mass is 16.3. The molecule has 5 fully saturated rings. The fourth-order valence-electron chi connectivity index (χ4n) is 9.23. The summed E-state index contributed by atoms with van der Waals surface area (Å²) in [5.74, 6) is 1.18. The van der Waals surface area contributed by atoms with Crippen molar-refractivity contribution in [3.63, 3.8) is 0 Å². The van der Waals surface area contributed by atoms with Crippen molar-refractivity contribution >= 4 is 5.69 Å². The lowest BCUT2D eigenvalue weighted by Gasteiger charge is -2.68. The van der Waals surface area contributed by atoms with Crippen molar-refractivity contribution in [2.45, 2.75) is 75.4 Å². The number of nitrogens with zero attached hydrogens (tertiary/aromatic N) is 2. The van der Waals surface area contributed by atoms with Gasteiger partial charge in [-0.25, -0.2) is 0 Å². The Balaban J connectivity index is 1.62. The number of rotatable bonds is 3. The molecule has 5 bridgehead atoms. The first kappa shape index (κ1) is 16.8. The average Bonchev–Trinajstić information content (AvgIpc) is 3.06. The summed E-state index contributed by atoms with van der Waals surface area (Å²) in [6, 6.07) is 9.97. The zero-order valence-corrected chi connectivity index (χ0v) is 16.8. The number of aliphatic hydroxyl groups is 2. The Labute approximate surface area is 162 Å². The zero-order chi connectivity index (χ0) is 18.7. The first-order chi connectivity index (χ1) is 13.0. The summed E-state index contributed by atoms with van der Waals surface area (Å²) < 4.78 is 0.873. The zero-order valence-electron chi connectivity index (χ0n) is 16.8. The normalized spacial score (nSPS) is 53.7. The molecule has 146 valence electrons. The van der Waals surface area contributed by atoms with Crippen molar-refractivity contribution in [1.29, 1.82) is 0 Å². The predicted octanol–water partition coefficient (Wildman–Crippen LogP) is 2.48. The van der Waals surface area contributed by atoms with E-state index in [1.807, 2.05) is 0 Å². The van der Waals surface area contributed by atoms with Crippen LogP contribution in [0.3, 0.4) is 0 Å². The Kier molecular flexibility index (Phi) is 3.17. The number of piperidine rings is 4. The number of anilines is 1. The first-order valence-corrected chi connectivity index (χ1v) is 11.1. The lowest BCUT2D eigenvalue weighted by atomic mass is 9.60. The van der Waals surface area contributed by atoms with E-state index < -0.39 is 0 Å².